The minimum Gasteiger partial charge on any atom is -0.489 e. The molecular formula is C38H30N4O4S. The molecule has 3 heterocycles. The van der Waals surface area contributed by atoms with Crippen molar-refractivity contribution in [2.45, 2.75) is 26.2 Å². The maximum atomic E-state index is 13.6. The first-order chi connectivity index (χ1) is 23.1. The summed E-state index contributed by atoms with van der Waals surface area (Å²) in [5.74, 6) is 0.416. The number of ether oxygens (including phenoxy) is 2. The maximum absolute atomic E-state index is 13.6. The van der Waals surface area contributed by atoms with Gasteiger partial charge in [-0.3, -0.25) is 14.9 Å². The molecule has 0 fully saturated rings. The van der Waals surface area contributed by atoms with Gasteiger partial charge in [-0.1, -0.05) is 60.7 Å². The van der Waals surface area contributed by atoms with E-state index in [1.807, 2.05) is 103 Å². The first-order valence-electron chi connectivity index (χ1n) is 15.3. The number of hydrogen-bond donors (Lipinski definition) is 2. The minimum absolute atomic E-state index is 0.307. The number of imide groups is 1. The lowest BCUT2D eigenvalue weighted by Gasteiger charge is -2.09. The Labute approximate surface area is 276 Å². The van der Waals surface area contributed by atoms with Crippen LogP contribution in [0.2, 0.25) is 0 Å². The summed E-state index contributed by atoms with van der Waals surface area (Å²) in [5.41, 5.74) is 5.71. The van der Waals surface area contributed by atoms with Gasteiger partial charge in [0.15, 0.2) is 0 Å². The third kappa shape index (κ3) is 6.22. The maximum Gasteiger partial charge on any atom is 0.259 e. The van der Waals surface area contributed by atoms with Gasteiger partial charge >= 0.3 is 0 Å². The molecule has 2 amide bonds. The van der Waals surface area contributed by atoms with Crippen LogP contribution in [0, 0.1) is 0 Å². The Bertz CT molecular complexity index is 2200. The second-order valence-electron chi connectivity index (χ2n) is 11.2. The predicted octanol–water partition coefficient (Wildman–Crippen LogP) is 7.34. The number of aliphatic imine (C=N–C) groups is 1. The van der Waals surface area contributed by atoms with Crippen LogP contribution in [0.5, 0.6) is 11.5 Å². The van der Waals surface area contributed by atoms with E-state index in [1.165, 1.54) is 0 Å². The van der Waals surface area contributed by atoms with Gasteiger partial charge in [-0.25, -0.2) is 4.99 Å². The lowest BCUT2D eigenvalue weighted by molar-refractivity contribution is -0.122. The molecule has 7 rings (SSSR count). The molecule has 0 saturated heterocycles. The number of nitrogens with one attached hydrogen (secondary N) is 2. The Balaban J connectivity index is 1.31. The normalized spacial score (nSPS) is 12.9. The van der Waals surface area contributed by atoms with Crippen molar-refractivity contribution in [2.24, 2.45) is 4.99 Å². The summed E-state index contributed by atoms with van der Waals surface area (Å²) in [7, 11) is 0. The average Bonchev–Trinajstić information content (AvgIpc) is 3.77. The second-order valence-corrected chi connectivity index (χ2v) is 11.4. The highest BCUT2D eigenvalue weighted by Gasteiger charge is 2.35. The molecular weight excluding hydrogens is 609 g/mol. The number of nitrogens with zero attached hydrogens (tertiary/aromatic N) is 2. The SMILES string of the molecule is O=C1NC(=O)C(c2cn(CCCN=C=S)c3ccc(OCc4ccccc4)cc23)=C1c1c[nH]c2ccc(OCc3ccccc3)cc12. The van der Waals surface area contributed by atoms with E-state index < -0.39 is 11.8 Å². The molecule has 0 bridgehead atoms. The molecule has 0 spiro atoms. The van der Waals surface area contributed by atoms with E-state index in [-0.39, 0.29) is 0 Å². The first-order valence-corrected chi connectivity index (χ1v) is 15.7. The third-order valence-electron chi connectivity index (χ3n) is 8.21. The molecule has 2 N–H and O–H groups in total. The van der Waals surface area contributed by atoms with Crippen LogP contribution in [0.15, 0.2) is 114 Å². The summed E-state index contributed by atoms with van der Waals surface area (Å²) in [6, 6.07) is 31.4. The van der Waals surface area contributed by atoms with Crippen molar-refractivity contribution in [1.82, 2.24) is 14.9 Å². The second kappa shape index (κ2) is 13.3. The summed E-state index contributed by atoms with van der Waals surface area (Å²) in [6.45, 7) is 1.97. The number of benzene rings is 4. The highest BCUT2D eigenvalue weighted by Crippen LogP contribution is 2.40. The molecule has 1 aliphatic heterocycles. The highest BCUT2D eigenvalue weighted by molar-refractivity contribution is 7.78. The van der Waals surface area contributed by atoms with E-state index in [0.29, 0.717) is 60.1 Å². The molecule has 2 aromatic heterocycles. The molecule has 0 aliphatic carbocycles. The zero-order valence-corrected chi connectivity index (χ0v) is 26.2. The summed E-state index contributed by atoms with van der Waals surface area (Å²) < 4.78 is 14.3. The fraction of sp³-hybridized carbons (Fsp3) is 0.132. The Kier molecular flexibility index (Phi) is 8.47. The smallest absolute Gasteiger partial charge is 0.259 e. The van der Waals surface area contributed by atoms with Crippen LogP contribution in [0.4, 0.5) is 0 Å². The molecule has 6 aromatic rings. The zero-order chi connectivity index (χ0) is 32.2. The molecule has 0 atom stereocenters. The molecule has 8 nitrogen and oxygen atoms in total. The number of aromatic amines is 1. The Hall–Kier alpha value is -5.76. The van der Waals surface area contributed by atoms with Gasteiger partial charge in [0.25, 0.3) is 11.8 Å². The van der Waals surface area contributed by atoms with Crippen LogP contribution < -0.4 is 14.8 Å². The van der Waals surface area contributed by atoms with Gasteiger partial charge in [0, 0.05) is 51.9 Å². The molecule has 0 radical (unpaired) electrons. The average molecular weight is 639 g/mol. The van der Waals surface area contributed by atoms with Crippen molar-refractivity contribution in [3.8, 4) is 11.5 Å². The Morgan fingerprint density at radius 2 is 1.36 bits per heavy atom. The van der Waals surface area contributed by atoms with Gasteiger partial charge in [-0.2, -0.15) is 0 Å². The van der Waals surface area contributed by atoms with Gasteiger partial charge in [-0.05, 0) is 66.2 Å². The summed E-state index contributed by atoms with van der Waals surface area (Å²) in [5, 5.41) is 6.55. The molecule has 47 heavy (non-hydrogen) atoms. The standard InChI is InChI=1S/C38H30N4O4S/c43-37-35(31-20-40-33-14-12-27(18-29(31)33)45-22-25-8-3-1-4-9-25)36(38(44)41-37)32-21-42(17-7-16-39-24-47)34-15-13-28(19-30(32)34)46-23-26-10-5-2-6-11-26/h1-6,8-15,18-21,40H,7,16-17,22-23H2,(H,41,43,44). The van der Waals surface area contributed by atoms with E-state index >= 15 is 0 Å². The van der Waals surface area contributed by atoms with E-state index in [1.54, 1.807) is 6.20 Å². The van der Waals surface area contributed by atoms with Crippen molar-refractivity contribution in [2.75, 3.05) is 6.54 Å². The van der Waals surface area contributed by atoms with E-state index in [4.69, 9.17) is 21.7 Å². The Morgan fingerprint density at radius 1 is 0.745 bits per heavy atom. The van der Waals surface area contributed by atoms with Gasteiger partial charge in [0.2, 0.25) is 0 Å². The number of hydrogen-bond acceptors (Lipinski definition) is 6. The quantitative estimate of drug-likeness (QED) is 0.0633. The van der Waals surface area contributed by atoms with Gasteiger partial charge in [0.1, 0.15) is 24.7 Å². The monoisotopic (exact) mass is 638 g/mol. The largest absolute Gasteiger partial charge is 0.489 e. The van der Waals surface area contributed by atoms with Crippen LogP contribution in [-0.4, -0.2) is 33.1 Å². The van der Waals surface area contributed by atoms with Crippen LogP contribution >= 0.6 is 12.2 Å². The summed E-state index contributed by atoms with van der Waals surface area (Å²) in [6.07, 6.45) is 4.43. The van der Waals surface area contributed by atoms with E-state index in [0.717, 1.165) is 39.4 Å². The predicted molar refractivity (Wildman–Crippen MR) is 186 cm³/mol. The number of isothiocyanates is 1. The number of carbonyl (C=O) groups excluding carboxylic acids is 2. The van der Waals surface area contributed by atoms with Gasteiger partial charge in [0.05, 0.1) is 22.9 Å². The number of rotatable bonds is 12. The minimum atomic E-state index is -0.450. The number of aromatic nitrogens is 2. The number of thiocarbonyl (C=S) groups is 1. The lowest BCUT2D eigenvalue weighted by atomic mass is 9.95. The van der Waals surface area contributed by atoms with Crippen LogP contribution in [-0.2, 0) is 29.3 Å². The first kappa shape index (κ1) is 29.9. The van der Waals surface area contributed by atoms with Gasteiger partial charge < -0.3 is 19.0 Å². The lowest BCUT2D eigenvalue weighted by Crippen LogP contribution is -2.22. The van der Waals surface area contributed by atoms with Crippen LogP contribution in [0.3, 0.4) is 0 Å². The number of carbonyl (C=O) groups is 2. The molecule has 9 heteroatoms. The highest BCUT2D eigenvalue weighted by atomic mass is 32.1. The molecule has 4 aromatic carbocycles. The summed E-state index contributed by atoms with van der Waals surface area (Å²) in [4.78, 5) is 34.4. The molecule has 0 saturated carbocycles. The number of amides is 2. The van der Waals surface area contributed by atoms with Crippen molar-refractivity contribution in [1.29, 1.82) is 0 Å². The molecule has 0 unspecified atom stereocenters. The fourth-order valence-corrected chi connectivity index (χ4v) is 6.05. The molecule has 1 aliphatic rings. The van der Waals surface area contributed by atoms with Crippen molar-refractivity contribution < 1.29 is 19.1 Å². The molecule has 232 valence electrons. The summed E-state index contributed by atoms with van der Waals surface area (Å²) >= 11 is 4.73. The van der Waals surface area contributed by atoms with E-state index in [9.17, 15) is 9.59 Å². The van der Waals surface area contributed by atoms with Crippen LogP contribution in [0.1, 0.15) is 28.7 Å². The number of aryl methyl sites for hydroxylation is 1. The number of H-pyrrole nitrogens is 1. The van der Waals surface area contributed by atoms with E-state index in [2.05, 4.69) is 25.0 Å². The van der Waals surface area contributed by atoms with Crippen molar-refractivity contribution in [3.05, 3.63) is 132 Å². The Morgan fingerprint density at radius 3 is 2.02 bits per heavy atom. The van der Waals surface area contributed by atoms with Crippen molar-refractivity contribution in [3.63, 3.8) is 0 Å². The third-order valence-corrected chi connectivity index (χ3v) is 8.33. The number of fused-ring (bicyclic) bond motifs is 2. The van der Waals surface area contributed by atoms with Gasteiger partial charge in [-0.15, -0.1) is 0 Å². The topological polar surface area (TPSA) is 97.7 Å². The zero-order valence-electron chi connectivity index (χ0n) is 25.4. The van der Waals surface area contributed by atoms with Crippen LogP contribution in [0.25, 0.3) is 33.0 Å². The fourth-order valence-electron chi connectivity index (χ4n) is 5.96. The van der Waals surface area contributed by atoms with Crippen molar-refractivity contribution >= 4 is 62.1 Å².